The Morgan fingerprint density at radius 3 is 2.79 bits per heavy atom. The lowest BCUT2D eigenvalue weighted by Crippen LogP contribution is -2.39. The SMILES string of the molecule is CC(CO)CNC(=O)C(C)Oc1ccc(Cl)cc1Br. The van der Waals surface area contributed by atoms with Crippen molar-refractivity contribution in [1.29, 1.82) is 0 Å². The van der Waals surface area contributed by atoms with Gasteiger partial charge in [0.15, 0.2) is 6.10 Å². The second kappa shape index (κ2) is 7.72. The first kappa shape index (κ1) is 16.3. The van der Waals surface area contributed by atoms with E-state index in [2.05, 4.69) is 21.2 Å². The van der Waals surface area contributed by atoms with Gasteiger partial charge < -0.3 is 15.2 Å². The van der Waals surface area contributed by atoms with E-state index in [0.29, 0.717) is 21.8 Å². The van der Waals surface area contributed by atoms with Gasteiger partial charge in [0.05, 0.1) is 4.47 Å². The minimum absolute atomic E-state index is 0.0263. The van der Waals surface area contributed by atoms with Gasteiger partial charge in [-0.1, -0.05) is 18.5 Å². The quantitative estimate of drug-likeness (QED) is 0.829. The van der Waals surface area contributed by atoms with Crippen molar-refractivity contribution in [1.82, 2.24) is 5.32 Å². The molecule has 0 spiro atoms. The summed E-state index contributed by atoms with van der Waals surface area (Å²) in [5.41, 5.74) is 0. The molecular formula is C13H17BrClNO3. The highest BCUT2D eigenvalue weighted by atomic mass is 79.9. The fraction of sp³-hybridized carbons (Fsp3) is 0.462. The van der Waals surface area contributed by atoms with Crippen LogP contribution in [-0.2, 0) is 4.79 Å². The molecule has 2 atom stereocenters. The van der Waals surface area contributed by atoms with Gasteiger partial charge in [-0.25, -0.2) is 0 Å². The molecule has 4 nitrogen and oxygen atoms in total. The van der Waals surface area contributed by atoms with Gasteiger partial charge in [-0.15, -0.1) is 0 Å². The molecule has 0 heterocycles. The Labute approximate surface area is 126 Å². The summed E-state index contributed by atoms with van der Waals surface area (Å²) in [7, 11) is 0. The van der Waals surface area contributed by atoms with Crippen LogP contribution in [0.1, 0.15) is 13.8 Å². The minimum atomic E-state index is -0.622. The van der Waals surface area contributed by atoms with Crippen molar-refractivity contribution >= 4 is 33.4 Å². The van der Waals surface area contributed by atoms with Crippen molar-refractivity contribution in [2.45, 2.75) is 20.0 Å². The molecule has 0 saturated heterocycles. The molecule has 2 unspecified atom stereocenters. The van der Waals surface area contributed by atoms with Gasteiger partial charge in [-0.05, 0) is 47.0 Å². The number of carbonyl (C=O) groups excluding carboxylic acids is 1. The maximum absolute atomic E-state index is 11.8. The summed E-state index contributed by atoms with van der Waals surface area (Å²) in [4.78, 5) is 11.8. The molecule has 0 aliphatic heterocycles. The lowest BCUT2D eigenvalue weighted by Gasteiger charge is -2.17. The first-order valence-corrected chi connectivity index (χ1v) is 7.11. The predicted molar refractivity (Wildman–Crippen MR) is 78.5 cm³/mol. The number of hydrogen-bond acceptors (Lipinski definition) is 3. The van der Waals surface area contributed by atoms with E-state index in [-0.39, 0.29) is 18.4 Å². The van der Waals surface area contributed by atoms with Crippen molar-refractivity contribution < 1.29 is 14.6 Å². The number of halogens is 2. The van der Waals surface area contributed by atoms with Crippen LogP contribution in [0.15, 0.2) is 22.7 Å². The molecule has 2 N–H and O–H groups in total. The van der Waals surface area contributed by atoms with E-state index >= 15 is 0 Å². The van der Waals surface area contributed by atoms with Crippen molar-refractivity contribution in [2.24, 2.45) is 5.92 Å². The second-order valence-electron chi connectivity index (χ2n) is 4.37. The summed E-state index contributed by atoms with van der Waals surface area (Å²) in [6.07, 6.45) is -0.622. The zero-order valence-corrected chi connectivity index (χ0v) is 13.2. The molecule has 0 saturated carbocycles. The number of benzene rings is 1. The number of rotatable bonds is 6. The lowest BCUT2D eigenvalue weighted by atomic mass is 10.2. The third kappa shape index (κ3) is 5.38. The molecule has 0 aliphatic rings. The predicted octanol–water partition coefficient (Wildman–Crippen LogP) is 2.61. The Hall–Kier alpha value is -0.780. The summed E-state index contributed by atoms with van der Waals surface area (Å²) in [5, 5.41) is 12.2. The number of carbonyl (C=O) groups is 1. The number of nitrogens with one attached hydrogen (secondary N) is 1. The van der Waals surface area contributed by atoms with Crippen molar-refractivity contribution in [3.05, 3.63) is 27.7 Å². The molecule has 0 aromatic heterocycles. The number of ether oxygens (including phenoxy) is 1. The first-order valence-electron chi connectivity index (χ1n) is 5.94. The van der Waals surface area contributed by atoms with E-state index in [0.717, 1.165) is 0 Å². The lowest BCUT2D eigenvalue weighted by molar-refractivity contribution is -0.127. The normalized spacial score (nSPS) is 13.7. The maximum atomic E-state index is 11.8. The van der Waals surface area contributed by atoms with Gasteiger partial charge in [0, 0.05) is 18.2 Å². The van der Waals surface area contributed by atoms with Gasteiger partial charge in [0.1, 0.15) is 5.75 Å². The topological polar surface area (TPSA) is 58.6 Å². The minimum Gasteiger partial charge on any atom is -0.480 e. The molecule has 1 amide bonds. The van der Waals surface area contributed by atoms with E-state index in [1.54, 1.807) is 25.1 Å². The van der Waals surface area contributed by atoms with E-state index in [1.807, 2.05) is 6.92 Å². The summed E-state index contributed by atoms with van der Waals surface area (Å²) < 4.78 is 6.25. The molecule has 0 radical (unpaired) electrons. The molecule has 106 valence electrons. The average Bonchev–Trinajstić information content (AvgIpc) is 2.38. The van der Waals surface area contributed by atoms with Gasteiger partial charge in [0.25, 0.3) is 5.91 Å². The molecule has 19 heavy (non-hydrogen) atoms. The van der Waals surface area contributed by atoms with Gasteiger partial charge in [-0.3, -0.25) is 4.79 Å². The zero-order chi connectivity index (χ0) is 14.4. The van der Waals surface area contributed by atoms with Gasteiger partial charge in [-0.2, -0.15) is 0 Å². The summed E-state index contributed by atoms with van der Waals surface area (Å²) in [5.74, 6) is 0.364. The third-order valence-corrected chi connectivity index (χ3v) is 3.36. The van der Waals surface area contributed by atoms with E-state index < -0.39 is 6.10 Å². The fourth-order valence-electron chi connectivity index (χ4n) is 1.30. The molecule has 1 aromatic carbocycles. The van der Waals surface area contributed by atoms with Crippen LogP contribution in [-0.4, -0.2) is 30.3 Å². The maximum Gasteiger partial charge on any atom is 0.260 e. The number of amides is 1. The van der Waals surface area contributed by atoms with Crippen molar-refractivity contribution in [3.8, 4) is 5.75 Å². The number of aliphatic hydroxyl groups is 1. The molecule has 0 fully saturated rings. The Morgan fingerprint density at radius 2 is 2.21 bits per heavy atom. The Morgan fingerprint density at radius 1 is 1.53 bits per heavy atom. The molecule has 1 rings (SSSR count). The highest BCUT2D eigenvalue weighted by molar-refractivity contribution is 9.10. The Bertz CT molecular complexity index is 442. The van der Waals surface area contributed by atoms with Crippen LogP contribution in [0.2, 0.25) is 5.02 Å². The average molecular weight is 351 g/mol. The summed E-state index contributed by atoms with van der Waals surface area (Å²) in [6, 6.07) is 5.10. The van der Waals surface area contributed by atoms with Crippen LogP contribution < -0.4 is 10.1 Å². The van der Waals surface area contributed by atoms with Crippen LogP contribution in [0, 0.1) is 5.92 Å². The van der Waals surface area contributed by atoms with Gasteiger partial charge in [0.2, 0.25) is 0 Å². The smallest absolute Gasteiger partial charge is 0.260 e. The molecule has 0 aliphatic carbocycles. The molecular weight excluding hydrogens is 334 g/mol. The van der Waals surface area contributed by atoms with E-state index in [1.165, 1.54) is 0 Å². The fourth-order valence-corrected chi connectivity index (χ4v) is 2.07. The van der Waals surface area contributed by atoms with Crippen LogP contribution in [0.4, 0.5) is 0 Å². The van der Waals surface area contributed by atoms with E-state index in [4.69, 9.17) is 21.4 Å². The highest BCUT2D eigenvalue weighted by Crippen LogP contribution is 2.28. The zero-order valence-electron chi connectivity index (χ0n) is 10.8. The van der Waals surface area contributed by atoms with Crippen LogP contribution in [0.3, 0.4) is 0 Å². The Balaban J connectivity index is 2.54. The molecule has 6 heteroatoms. The first-order chi connectivity index (χ1) is 8.93. The van der Waals surface area contributed by atoms with Crippen molar-refractivity contribution in [2.75, 3.05) is 13.2 Å². The van der Waals surface area contributed by atoms with Crippen LogP contribution >= 0.6 is 27.5 Å². The Kier molecular flexibility index (Phi) is 6.62. The second-order valence-corrected chi connectivity index (χ2v) is 5.66. The standard InChI is InChI=1S/C13H17BrClNO3/c1-8(7-17)6-16-13(18)9(2)19-12-4-3-10(15)5-11(12)14/h3-5,8-9,17H,6-7H2,1-2H3,(H,16,18). The molecule has 0 bridgehead atoms. The van der Waals surface area contributed by atoms with E-state index in [9.17, 15) is 4.79 Å². The van der Waals surface area contributed by atoms with Crippen molar-refractivity contribution in [3.63, 3.8) is 0 Å². The number of aliphatic hydroxyl groups excluding tert-OH is 1. The van der Waals surface area contributed by atoms with Crippen LogP contribution in [0.5, 0.6) is 5.75 Å². The van der Waals surface area contributed by atoms with Gasteiger partial charge >= 0.3 is 0 Å². The summed E-state index contributed by atoms with van der Waals surface area (Å²) in [6.45, 7) is 3.98. The largest absolute Gasteiger partial charge is 0.480 e. The summed E-state index contributed by atoms with van der Waals surface area (Å²) >= 11 is 9.15. The number of hydrogen-bond donors (Lipinski definition) is 2. The van der Waals surface area contributed by atoms with Crippen LogP contribution in [0.25, 0.3) is 0 Å². The highest BCUT2D eigenvalue weighted by Gasteiger charge is 2.16. The monoisotopic (exact) mass is 349 g/mol. The molecule has 1 aromatic rings. The third-order valence-electron chi connectivity index (χ3n) is 2.50.